The number of hydrogen-bond acceptors (Lipinski definition) is 3. The Morgan fingerprint density at radius 1 is 1.53 bits per heavy atom. The van der Waals surface area contributed by atoms with Crippen LogP contribution in [-0.4, -0.2) is 27.5 Å². The fraction of sp³-hybridized carbons (Fsp3) is 0.462. The molecular weight excluding hydrogens is 232 g/mol. The van der Waals surface area contributed by atoms with Crippen molar-refractivity contribution in [3.8, 4) is 5.88 Å². The van der Waals surface area contributed by atoms with E-state index >= 15 is 0 Å². The van der Waals surface area contributed by atoms with Gasteiger partial charge in [-0.15, -0.1) is 0 Å². The number of rotatable bonds is 3. The second-order valence-electron chi connectivity index (χ2n) is 4.34. The normalized spacial score (nSPS) is 19.9. The van der Waals surface area contributed by atoms with Crippen LogP contribution in [0.15, 0.2) is 24.4 Å². The topological polar surface area (TPSA) is 26.5 Å². The average Bonchev–Trinajstić information content (AvgIpc) is 2.99. The van der Waals surface area contributed by atoms with Crippen molar-refractivity contribution in [1.82, 2.24) is 9.38 Å². The van der Waals surface area contributed by atoms with E-state index in [0.717, 1.165) is 28.9 Å². The van der Waals surface area contributed by atoms with Gasteiger partial charge in [-0.05, 0) is 30.7 Å². The summed E-state index contributed by atoms with van der Waals surface area (Å²) in [5.74, 6) is 3.29. The second-order valence-corrected chi connectivity index (χ2v) is 5.75. The number of pyridine rings is 1. The zero-order chi connectivity index (χ0) is 11.7. The standard InChI is InChI=1S/C13H16N2OS/c1-16-13-6-2-4-10-9-14-12(15(10)13)8-11-5-3-7-17-11/h2,4,6,9,11H,3,5,7-8H2,1H3. The Labute approximate surface area is 105 Å². The third kappa shape index (κ3) is 2.02. The summed E-state index contributed by atoms with van der Waals surface area (Å²) in [5, 5.41) is 0.727. The van der Waals surface area contributed by atoms with Gasteiger partial charge in [0.25, 0.3) is 0 Å². The van der Waals surface area contributed by atoms with Gasteiger partial charge in [0.2, 0.25) is 0 Å². The Bertz CT molecular complexity index is 517. The number of hydrogen-bond donors (Lipinski definition) is 0. The zero-order valence-electron chi connectivity index (χ0n) is 9.93. The monoisotopic (exact) mass is 248 g/mol. The Balaban J connectivity index is 1.98. The first-order valence-electron chi connectivity index (χ1n) is 5.99. The largest absolute Gasteiger partial charge is 0.482 e. The maximum atomic E-state index is 5.41. The third-order valence-corrected chi connectivity index (χ3v) is 4.63. The molecule has 0 bridgehead atoms. The Morgan fingerprint density at radius 2 is 2.47 bits per heavy atom. The lowest BCUT2D eigenvalue weighted by Gasteiger charge is -2.10. The highest BCUT2D eigenvalue weighted by Crippen LogP contribution is 2.29. The van der Waals surface area contributed by atoms with Gasteiger partial charge in [-0.1, -0.05) is 6.07 Å². The Kier molecular flexibility index (Phi) is 2.97. The van der Waals surface area contributed by atoms with Gasteiger partial charge in [0.15, 0.2) is 5.88 Å². The zero-order valence-corrected chi connectivity index (χ0v) is 10.7. The molecule has 0 N–H and O–H groups in total. The van der Waals surface area contributed by atoms with Crippen LogP contribution in [0.1, 0.15) is 18.7 Å². The summed E-state index contributed by atoms with van der Waals surface area (Å²) in [4.78, 5) is 4.54. The number of thioether (sulfide) groups is 1. The van der Waals surface area contributed by atoms with Crippen molar-refractivity contribution in [2.45, 2.75) is 24.5 Å². The van der Waals surface area contributed by atoms with Gasteiger partial charge in [0.05, 0.1) is 18.8 Å². The van der Waals surface area contributed by atoms with Crippen molar-refractivity contribution in [3.63, 3.8) is 0 Å². The van der Waals surface area contributed by atoms with Crippen molar-refractivity contribution in [1.29, 1.82) is 0 Å². The average molecular weight is 248 g/mol. The summed E-state index contributed by atoms with van der Waals surface area (Å²) >= 11 is 2.07. The van der Waals surface area contributed by atoms with Gasteiger partial charge < -0.3 is 4.74 Å². The predicted molar refractivity (Wildman–Crippen MR) is 70.9 cm³/mol. The summed E-state index contributed by atoms with van der Waals surface area (Å²) in [6.45, 7) is 0. The highest BCUT2D eigenvalue weighted by molar-refractivity contribution is 8.00. The van der Waals surface area contributed by atoms with Crippen LogP contribution in [0.3, 0.4) is 0 Å². The highest BCUT2D eigenvalue weighted by atomic mass is 32.2. The van der Waals surface area contributed by atoms with Gasteiger partial charge in [0.1, 0.15) is 5.82 Å². The number of methoxy groups -OCH3 is 1. The molecule has 3 nitrogen and oxygen atoms in total. The number of imidazole rings is 1. The van der Waals surface area contributed by atoms with E-state index in [-0.39, 0.29) is 0 Å². The van der Waals surface area contributed by atoms with E-state index in [0.29, 0.717) is 0 Å². The molecule has 1 saturated heterocycles. The van der Waals surface area contributed by atoms with E-state index in [1.807, 2.05) is 18.3 Å². The molecule has 0 amide bonds. The van der Waals surface area contributed by atoms with Crippen molar-refractivity contribution >= 4 is 17.3 Å². The smallest absolute Gasteiger partial charge is 0.199 e. The summed E-state index contributed by atoms with van der Waals surface area (Å²) in [6.07, 6.45) is 5.63. The first-order chi connectivity index (χ1) is 8.38. The lowest BCUT2D eigenvalue weighted by molar-refractivity contribution is 0.390. The maximum absolute atomic E-state index is 5.41. The Hall–Kier alpha value is -1.16. The molecule has 0 spiro atoms. The number of fused-ring (bicyclic) bond motifs is 1. The molecule has 90 valence electrons. The molecule has 1 unspecified atom stereocenters. The first kappa shape index (κ1) is 11.0. The molecule has 17 heavy (non-hydrogen) atoms. The number of nitrogens with zero attached hydrogens (tertiary/aromatic N) is 2. The lowest BCUT2D eigenvalue weighted by atomic mass is 10.2. The third-order valence-electron chi connectivity index (χ3n) is 3.23. The minimum atomic E-state index is 0.727. The second kappa shape index (κ2) is 4.61. The van der Waals surface area contributed by atoms with Gasteiger partial charge in [-0.3, -0.25) is 4.40 Å². The molecule has 0 aromatic carbocycles. The molecule has 0 saturated carbocycles. The molecule has 1 fully saturated rings. The first-order valence-corrected chi connectivity index (χ1v) is 7.04. The van der Waals surface area contributed by atoms with E-state index < -0.39 is 0 Å². The minimum absolute atomic E-state index is 0.727. The van der Waals surface area contributed by atoms with Gasteiger partial charge >= 0.3 is 0 Å². The molecule has 1 atom stereocenters. The van der Waals surface area contributed by atoms with E-state index in [4.69, 9.17) is 4.74 Å². The fourth-order valence-corrected chi connectivity index (χ4v) is 3.66. The fourth-order valence-electron chi connectivity index (χ4n) is 2.39. The number of aromatic nitrogens is 2. The van der Waals surface area contributed by atoms with Crippen LogP contribution in [0.2, 0.25) is 0 Å². The molecule has 3 heterocycles. The lowest BCUT2D eigenvalue weighted by Crippen LogP contribution is -2.07. The summed E-state index contributed by atoms with van der Waals surface area (Å²) in [5.41, 5.74) is 1.11. The van der Waals surface area contributed by atoms with Crippen LogP contribution in [0.25, 0.3) is 5.52 Å². The van der Waals surface area contributed by atoms with Crippen LogP contribution in [0, 0.1) is 0 Å². The molecule has 4 heteroatoms. The van der Waals surface area contributed by atoms with Crippen LogP contribution in [0.5, 0.6) is 5.88 Å². The van der Waals surface area contributed by atoms with Gasteiger partial charge in [-0.2, -0.15) is 11.8 Å². The van der Waals surface area contributed by atoms with Gasteiger partial charge in [-0.25, -0.2) is 4.98 Å². The molecular formula is C13H16N2OS. The molecule has 1 aliphatic heterocycles. The van der Waals surface area contributed by atoms with E-state index in [2.05, 4.69) is 27.2 Å². The van der Waals surface area contributed by atoms with Crippen LogP contribution >= 0.6 is 11.8 Å². The molecule has 0 aliphatic carbocycles. The number of ether oxygens (including phenoxy) is 1. The van der Waals surface area contributed by atoms with Crippen LogP contribution in [0.4, 0.5) is 0 Å². The summed E-state index contributed by atoms with van der Waals surface area (Å²) in [7, 11) is 1.71. The van der Waals surface area contributed by atoms with Crippen molar-refractivity contribution in [3.05, 3.63) is 30.2 Å². The minimum Gasteiger partial charge on any atom is -0.482 e. The van der Waals surface area contributed by atoms with Crippen molar-refractivity contribution in [2.24, 2.45) is 0 Å². The van der Waals surface area contributed by atoms with Gasteiger partial charge in [0, 0.05) is 11.7 Å². The maximum Gasteiger partial charge on any atom is 0.199 e. The Morgan fingerprint density at radius 3 is 3.24 bits per heavy atom. The quantitative estimate of drug-likeness (QED) is 0.835. The molecule has 3 rings (SSSR count). The predicted octanol–water partition coefficient (Wildman–Crippen LogP) is 2.78. The van der Waals surface area contributed by atoms with Crippen molar-refractivity contribution in [2.75, 3.05) is 12.9 Å². The SMILES string of the molecule is COc1cccc2cnc(CC3CCCS3)n12. The summed E-state index contributed by atoms with van der Waals surface area (Å²) in [6, 6.07) is 6.06. The summed E-state index contributed by atoms with van der Waals surface area (Å²) < 4.78 is 7.53. The van der Waals surface area contributed by atoms with E-state index in [1.165, 1.54) is 18.6 Å². The van der Waals surface area contributed by atoms with E-state index in [9.17, 15) is 0 Å². The molecule has 2 aromatic rings. The molecule has 2 aromatic heterocycles. The van der Waals surface area contributed by atoms with E-state index in [1.54, 1.807) is 7.11 Å². The molecule has 1 aliphatic rings. The van der Waals surface area contributed by atoms with Crippen LogP contribution in [-0.2, 0) is 6.42 Å². The molecule has 0 radical (unpaired) electrons. The van der Waals surface area contributed by atoms with Crippen LogP contribution < -0.4 is 4.74 Å². The highest BCUT2D eigenvalue weighted by Gasteiger charge is 2.19. The van der Waals surface area contributed by atoms with Crippen molar-refractivity contribution < 1.29 is 4.74 Å².